The van der Waals surface area contributed by atoms with Crippen molar-refractivity contribution in [3.05, 3.63) is 131 Å². The van der Waals surface area contributed by atoms with Gasteiger partial charge >= 0.3 is 5.97 Å². The average Bonchev–Trinajstić information content (AvgIpc) is 2.94. The smallest absolute Gasteiger partial charge is 0.326 e. The van der Waals surface area contributed by atoms with Crippen molar-refractivity contribution >= 4 is 11.9 Å². The Bertz CT molecular complexity index is 1410. The molecular formula is C31H27F2NO5. The molecule has 0 aliphatic rings. The normalized spacial score (nSPS) is 11.4. The Hall–Kier alpha value is -4.72. The highest BCUT2D eigenvalue weighted by molar-refractivity contribution is 5.85. The number of rotatable bonds is 12. The first-order chi connectivity index (χ1) is 18.9. The minimum Gasteiger partial charge on any atom is -0.485 e. The van der Waals surface area contributed by atoms with Crippen LogP contribution in [-0.4, -0.2) is 23.0 Å². The molecule has 0 aliphatic heterocycles. The molecule has 0 spiro atoms. The van der Waals surface area contributed by atoms with Crippen LogP contribution in [0.5, 0.6) is 11.5 Å². The molecule has 0 radical (unpaired) electrons. The Morgan fingerprint density at radius 1 is 0.692 bits per heavy atom. The lowest BCUT2D eigenvalue weighted by Gasteiger charge is -2.17. The number of halogens is 2. The zero-order valence-electron chi connectivity index (χ0n) is 21.0. The lowest BCUT2D eigenvalue weighted by Crippen LogP contribution is -2.43. The third-order valence-corrected chi connectivity index (χ3v) is 5.90. The molecule has 4 aromatic carbocycles. The molecule has 2 N–H and O–H groups in total. The minimum atomic E-state index is -1.25. The second kappa shape index (κ2) is 13.2. The van der Waals surface area contributed by atoms with E-state index < -0.39 is 29.6 Å². The number of amides is 1. The maximum atomic E-state index is 13.5. The Morgan fingerprint density at radius 2 is 1.28 bits per heavy atom. The Balaban J connectivity index is 1.48. The predicted molar refractivity (Wildman–Crippen MR) is 141 cm³/mol. The van der Waals surface area contributed by atoms with E-state index in [1.165, 1.54) is 6.07 Å². The van der Waals surface area contributed by atoms with Crippen LogP contribution < -0.4 is 14.8 Å². The summed E-state index contributed by atoms with van der Waals surface area (Å²) in [6.45, 7) is 0.596. The van der Waals surface area contributed by atoms with Gasteiger partial charge in [-0.15, -0.1) is 0 Å². The molecule has 0 aromatic heterocycles. The van der Waals surface area contributed by atoms with Gasteiger partial charge in [-0.05, 0) is 46.5 Å². The summed E-state index contributed by atoms with van der Waals surface area (Å²) in [6, 6.07) is 26.2. The fourth-order valence-electron chi connectivity index (χ4n) is 3.90. The highest BCUT2D eigenvalue weighted by atomic mass is 19.2. The van der Waals surface area contributed by atoms with Gasteiger partial charge in [0.2, 0.25) is 5.91 Å². The van der Waals surface area contributed by atoms with Gasteiger partial charge in [-0.1, -0.05) is 72.8 Å². The van der Waals surface area contributed by atoms with Crippen molar-refractivity contribution in [2.75, 3.05) is 0 Å². The van der Waals surface area contributed by atoms with E-state index in [-0.39, 0.29) is 25.0 Å². The van der Waals surface area contributed by atoms with E-state index in [9.17, 15) is 23.5 Å². The molecular weight excluding hydrogens is 504 g/mol. The molecule has 0 heterocycles. The van der Waals surface area contributed by atoms with E-state index in [4.69, 9.17) is 9.47 Å². The first kappa shape index (κ1) is 27.3. The summed E-state index contributed by atoms with van der Waals surface area (Å²) in [4.78, 5) is 24.4. The number of carboxylic acid groups (broad SMARTS) is 1. The van der Waals surface area contributed by atoms with Crippen LogP contribution in [0.3, 0.4) is 0 Å². The van der Waals surface area contributed by atoms with Gasteiger partial charge < -0.3 is 19.9 Å². The SMILES string of the molecule is O=C(Cc1ccc(F)c(F)c1)N[C@@H](Cc1ccc(OCc2ccccc2)c(OCc2ccccc2)c1)C(=O)O. The fraction of sp³-hybridized carbons (Fsp3) is 0.161. The molecule has 200 valence electrons. The lowest BCUT2D eigenvalue weighted by molar-refractivity contribution is -0.141. The largest absolute Gasteiger partial charge is 0.485 e. The van der Waals surface area contributed by atoms with Crippen LogP contribution in [0.25, 0.3) is 0 Å². The first-order valence-electron chi connectivity index (χ1n) is 12.3. The van der Waals surface area contributed by atoms with Crippen molar-refractivity contribution in [1.82, 2.24) is 5.32 Å². The van der Waals surface area contributed by atoms with E-state index >= 15 is 0 Å². The third-order valence-electron chi connectivity index (χ3n) is 5.90. The summed E-state index contributed by atoms with van der Waals surface area (Å²) in [7, 11) is 0. The van der Waals surface area contributed by atoms with Crippen LogP contribution in [0.4, 0.5) is 8.78 Å². The molecule has 0 aliphatic carbocycles. The van der Waals surface area contributed by atoms with E-state index in [1.54, 1.807) is 18.2 Å². The summed E-state index contributed by atoms with van der Waals surface area (Å²) in [5.74, 6) is -3.03. The molecule has 0 bridgehead atoms. The summed E-state index contributed by atoms with van der Waals surface area (Å²) < 4.78 is 38.7. The zero-order valence-corrected chi connectivity index (χ0v) is 21.0. The van der Waals surface area contributed by atoms with Gasteiger partial charge in [0.1, 0.15) is 19.3 Å². The van der Waals surface area contributed by atoms with Crippen LogP contribution in [0.1, 0.15) is 22.3 Å². The Morgan fingerprint density at radius 3 is 1.87 bits per heavy atom. The van der Waals surface area contributed by atoms with Crippen LogP contribution in [0.15, 0.2) is 97.1 Å². The van der Waals surface area contributed by atoms with Gasteiger partial charge in [-0.2, -0.15) is 0 Å². The molecule has 0 unspecified atom stereocenters. The molecule has 4 aromatic rings. The third kappa shape index (κ3) is 8.13. The molecule has 39 heavy (non-hydrogen) atoms. The van der Waals surface area contributed by atoms with Gasteiger partial charge in [-0.25, -0.2) is 13.6 Å². The quantitative estimate of drug-likeness (QED) is 0.253. The number of carboxylic acids is 1. The van der Waals surface area contributed by atoms with Gasteiger partial charge in [-0.3, -0.25) is 4.79 Å². The topological polar surface area (TPSA) is 84.9 Å². The van der Waals surface area contributed by atoms with Crippen molar-refractivity contribution < 1.29 is 33.0 Å². The van der Waals surface area contributed by atoms with E-state index in [1.807, 2.05) is 60.7 Å². The van der Waals surface area contributed by atoms with Crippen molar-refractivity contribution in [2.45, 2.75) is 32.1 Å². The van der Waals surface area contributed by atoms with Gasteiger partial charge in [0.25, 0.3) is 0 Å². The van der Waals surface area contributed by atoms with E-state index in [0.717, 1.165) is 23.3 Å². The number of hydrogen-bond donors (Lipinski definition) is 2. The Kier molecular flexibility index (Phi) is 9.24. The molecule has 0 saturated carbocycles. The summed E-state index contributed by atoms with van der Waals surface area (Å²) in [5.41, 5.74) is 2.76. The molecule has 1 amide bonds. The molecule has 1 atom stereocenters. The van der Waals surface area contributed by atoms with Crippen molar-refractivity contribution in [1.29, 1.82) is 0 Å². The van der Waals surface area contributed by atoms with Crippen molar-refractivity contribution in [3.8, 4) is 11.5 Å². The number of benzene rings is 4. The zero-order chi connectivity index (χ0) is 27.6. The number of aliphatic carboxylic acids is 1. The summed E-state index contributed by atoms with van der Waals surface area (Å²) >= 11 is 0. The van der Waals surface area contributed by atoms with Crippen LogP contribution >= 0.6 is 0 Å². The standard InChI is InChI=1S/C31H27F2NO5/c32-25-13-11-23(15-26(25)33)18-30(35)34-27(31(36)37)16-24-12-14-28(38-19-21-7-3-1-4-8-21)29(17-24)39-20-22-9-5-2-6-10-22/h1-15,17,27H,16,18-20H2,(H,34,35)(H,36,37)/t27-/m0/s1. The minimum absolute atomic E-state index is 0.0283. The molecule has 4 rings (SSSR count). The second-order valence-electron chi connectivity index (χ2n) is 8.92. The van der Waals surface area contributed by atoms with Crippen LogP contribution in [0.2, 0.25) is 0 Å². The van der Waals surface area contributed by atoms with Gasteiger partial charge in [0.15, 0.2) is 23.1 Å². The second-order valence-corrected chi connectivity index (χ2v) is 8.92. The number of carbonyl (C=O) groups excluding carboxylic acids is 1. The molecule has 6 nitrogen and oxygen atoms in total. The van der Waals surface area contributed by atoms with Crippen LogP contribution in [-0.2, 0) is 35.6 Å². The monoisotopic (exact) mass is 531 g/mol. The van der Waals surface area contributed by atoms with Crippen molar-refractivity contribution in [2.24, 2.45) is 0 Å². The number of ether oxygens (including phenoxy) is 2. The van der Waals surface area contributed by atoms with E-state index in [2.05, 4.69) is 5.32 Å². The predicted octanol–water partition coefficient (Wildman–Crippen LogP) is 5.48. The summed E-state index contributed by atoms with van der Waals surface area (Å²) in [5, 5.41) is 12.2. The maximum Gasteiger partial charge on any atom is 0.326 e. The van der Waals surface area contributed by atoms with Gasteiger partial charge in [0.05, 0.1) is 6.42 Å². The van der Waals surface area contributed by atoms with Gasteiger partial charge in [0, 0.05) is 6.42 Å². The average molecular weight is 532 g/mol. The van der Waals surface area contributed by atoms with Crippen LogP contribution in [0, 0.1) is 11.6 Å². The summed E-state index contributed by atoms with van der Waals surface area (Å²) in [6.07, 6.45) is -0.321. The van der Waals surface area contributed by atoms with Crippen molar-refractivity contribution in [3.63, 3.8) is 0 Å². The number of nitrogens with one attached hydrogen (secondary N) is 1. The number of carbonyl (C=O) groups is 2. The highest BCUT2D eigenvalue weighted by Gasteiger charge is 2.22. The molecule has 0 saturated heterocycles. The fourth-order valence-corrected chi connectivity index (χ4v) is 3.90. The Labute approximate surface area is 224 Å². The molecule has 0 fully saturated rings. The maximum absolute atomic E-state index is 13.5. The van der Waals surface area contributed by atoms with E-state index in [0.29, 0.717) is 23.7 Å². The highest BCUT2D eigenvalue weighted by Crippen LogP contribution is 2.30. The first-order valence-corrected chi connectivity index (χ1v) is 12.3. The number of hydrogen-bond acceptors (Lipinski definition) is 4. The molecule has 8 heteroatoms. The lowest BCUT2D eigenvalue weighted by atomic mass is 10.0.